The number of rotatable bonds is 4. The van der Waals surface area contributed by atoms with Crippen LogP contribution in [0.3, 0.4) is 0 Å². The fourth-order valence-corrected chi connectivity index (χ4v) is 5.24. The predicted octanol–water partition coefficient (Wildman–Crippen LogP) is 3.95. The van der Waals surface area contributed by atoms with E-state index in [9.17, 15) is 4.79 Å². The van der Waals surface area contributed by atoms with Crippen LogP contribution in [0.4, 0.5) is 0 Å². The zero-order valence-electron chi connectivity index (χ0n) is 17.4. The lowest BCUT2D eigenvalue weighted by Crippen LogP contribution is -2.37. The average molecular weight is 409 g/mol. The van der Waals surface area contributed by atoms with Crippen molar-refractivity contribution in [3.63, 3.8) is 0 Å². The molecule has 2 aromatic heterocycles. The number of hydrogen-bond acceptors (Lipinski definition) is 5. The van der Waals surface area contributed by atoms with E-state index in [-0.39, 0.29) is 18.0 Å². The summed E-state index contributed by atoms with van der Waals surface area (Å²) in [6.45, 7) is 2.00. The average Bonchev–Trinajstić information content (AvgIpc) is 3.37. The summed E-state index contributed by atoms with van der Waals surface area (Å²) in [6, 6.07) is 14.0. The van der Waals surface area contributed by atoms with E-state index in [1.54, 1.807) is 24.7 Å². The minimum absolute atomic E-state index is 0.0777. The molecule has 4 heterocycles. The Kier molecular flexibility index (Phi) is 4.95. The Balaban J connectivity index is 1.42. The second kappa shape index (κ2) is 7.92. The number of pyridine rings is 1. The molecule has 1 amide bonds. The molecule has 154 valence electrons. The summed E-state index contributed by atoms with van der Waals surface area (Å²) in [5.41, 5.74) is 4.06. The Labute approximate surface area is 181 Å². The fraction of sp³-hybridized carbons (Fsp3) is 0.320. The number of nitrogens with zero attached hydrogens (tertiary/aromatic N) is 5. The first-order chi connectivity index (χ1) is 15.2. The number of amides is 1. The molecule has 3 aromatic rings. The van der Waals surface area contributed by atoms with Crippen LogP contribution in [0.5, 0.6) is 0 Å². The molecule has 6 nitrogen and oxygen atoms in total. The number of carbonyl (C=O) groups is 1. The van der Waals surface area contributed by atoms with Crippen LogP contribution in [0.15, 0.2) is 55.0 Å². The quantitative estimate of drug-likeness (QED) is 0.651. The molecule has 5 rings (SSSR count). The van der Waals surface area contributed by atoms with E-state index < -0.39 is 0 Å². The van der Waals surface area contributed by atoms with Crippen molar-refractivity contribution < 1.29 is 4.79 Å². The standard InChI is InChI=1S/C25H23N5O/c1-16-4-2-5-21(23(16)24-27-10-3-11-28-24)25(31)30-20-8-9-22(30)18(13-20)12-19-7-6-17(14-26)15-29-19/h2-7,10-11,15,18,20,22H,8-9,12-13H2,1H3. The molecule has 0 aliphatic carbocycles. The molecule has 1 aromatic carbocycles. The van der Waals surface area contributed by atoms with Gasteiger partial charge < -0.3 is 4.90 Å². The van der Waals surface area contributed by atoms with E-state index in [4.69, 9.17) is 5.26 Å². The van der Waals surface area contributed by atoms with Crippen molar-refractivity contribution in [2.24, 2.45) is 5.92 Å². The summed E-state index contributed by atoms with van der Waals surface area (Å²) in [5, 5.41) is 8.98. The zero-order chi connectivity index (χ0) is 21.4. The summed E-state index contributed by atoms with van der Waals surface area (Å²) in [4.78, 5) is 29.1. The molecule has 3 atom stereocenters. The summed E-state index contributed by atoms with van der Waals surface area (Å²) in [7, 11) is 0. The summed E-state index contributed by atoms with van der Waals surface area (Å²) >= 11 is 0. The van der Waals surface area contributed by atoms with Gasteiger partial charge in [0.05, 0.1) is 11.1 Å². The Hall–Kier alpha value is -3.59. The largest absolute Gasteiger partial charge is 0.332 e. The maximum absolute atomic E-state index is 13.8. The molecule has 2 bridgehead atoms. The lowest BCUT2D eigenvalue weighted by Gasteiger charge is -2.25. The topological polar surface area (TPSA) is 82.8 Å². The number of benzene rings is 1. The fourth-order valence-electron chi connectivity index (χ4n) is 5.24. The highest BCUT2D eigenvalue weighted by molar-refractivity contribution is 6.01. The van der Waals surface area contributed by atoms with Crippen LogP contribution in [0, 0.1) is 24.2 Å². The van der Waals surface area contributed by atoms with Crippen LogP contribution >= 0.6 is 0 Å². The van der Waals surface area contributed by atoms with Gasteiger partial charge >= 0.3 is 0 Å². The number of carbonyl (C=O) groups excluding carboxylic acids is 1. The van der Waals surface area contributed by atoms with Crippen molar-refractivity contribution in [3.05, 3.63) is 77.4 Å². The third kappa shape index (κ3) is 3.46. The van der Waals surface area contributed by atoms with Crippen molar-refractivity contribution in [2.75, 3.05) is 0 Å². The zero-order valence-corrected chi connectivity index (χ0v) is 17.4. The number of aromatic nitrogens is 3. The van der Waals surface area contributed by atoms with Crippen molar-refractivity contribution in [3.8, 4) is 17.5 Å². The number of hydrogen-bond donors (Lipinski definition) is 0. The number of aryl methyl sites for hydroxylation is 1. The Bertz CT molecular complexity index is 1150. The molecule has 0 radical (unpaired) electrons. The van der Waals surface area contributed by atoms with Gasteiger partial charge in [-0.15, -0.1) is 0 Å². The molecule has 2 aliphatic heterocycles. The third-order valence-corrected chi connectivity index (χ3v) is 6.62. The summed E-state index contributed by atoms with van der Waals surface area (Å²) < 4.78 is 0. The van der Waals surface area contributed by atoms with Gasteiger partial charge in [0.25, 0.3) is 5.91 Å². The molecule has 0 spiro atoms. The minimum Gasteiger partial charge on any atom is -0.332 e. The summed E-state index contributed by atoms with van der Waals surface area (Å²) in [6.07, 6.45) is 8.97. The van der Waals surface area contributed by atoms with E-state index in [1.807, 2.05) is 37.3 Å². The second-order valence-corrected chi connectivity index (χ2v) is 8.43. The van der Waals surface area contributed by atoms with Gasteiger partial charge in [-0.2, -0.15) is 5.26 Å². The van der Waals surface area contributed by atoms with Crippen LogP contribution in [0.1, 0.15) is 46.4 Å². The first-order valence-corrected chi connectivity index (χ1v) is 10.7. The molecule has 2 aliphatic rings. The Morgan fingerprint density at radius 3 is 2.71 bits per heavy atom. The van der Waals surface area contributed by atoms with Crippen LogP contribution in [0.2, 0.25) is 0 Å². The Morgan fingerprint density at radius 1 is 1.13 bits per heavy atom. The molecule has 0 saturated carbocycles. The lowest BCUT2D eigenvalue weighted by atomic mass is 9.86. The van der Waals surface area contributed by atoms with Crippen LogP contribution in [-0.4, -0.2) is 37.8 Å². The highest BCUT2D eigenvalue weighted by Gasteiger charge is 2.48. The van der Waals surface area contributed by atoms with Gasteiger partial charge in [0, 0.05) is 41.9 Å². The van der Waals surface area contributed by atoms with Gasteiger partial charge in [-0.05, 0) is 68.4 Å². The first-order valence-electron chi connectivity index (χ1n) is 10.7. The molecular weight excluding hydrogens is 386 g/mol. The SMILES string of the molecule is Cc1cccc(C(=O)N2C3CCC2C(Cc2ccc(C#N)cn2)C3)c1-c1ncccn1. The van der Waals surface area contributed by atoms with Crippen molar-refractivity contribution in [1.29, 1.82) is 5.26 Å². The number of nitriles is 1. The van der Waals surface area contributed by atoms with Crippen LogP contribution in [-0.2, 0) is 6.42 Å². The minimum atomic E-state index is 0.0777. The molecule has 6 heteroatoms. The predicted molar refractivity (Wildman–Crippen MR) is 116 cm³/mol. The molecular formula is C25H23N5O. The van der Waals surface area contributed by atoms with Gasteiger partial charge in [-0.3, -0.25) is 9.78 Å². The van der Waals surface area contributed by atoms with Gasteiger partial charge in [0.2, 0.25) is 0 Å². The van der Waals surface area contributed by atoms with Gasteiger partial charge in [-0.25, -0.2) is 9.97 Å². The molecule has 0 N–H and O–H groups in total. The highest BCUT2D eigenvalue weighted by atomic mass is 16.2. The van der Waals surface area contributed by atoms with Crippen LogP contribution < -0.4 is 0 Å². The maximum atomic E-state index is 13.8. The van der Waals surface area contributed by atoms with E-state index in [0.717, 1.165) is 42.5 Å². The molecule has 2 saturated heterocycles. The number of fused-ring (bicyclic) bond motifs is 2. The van der Waals surface area contributed by atoms with E-state index in [1.165, 1.54) is 0 Å². The van der Waals surface area contributed by atoms with Crippen molar-refractivity contribution >= 4 is 5.91 Å². The Morgan fingerprint density at radius 2 is 1.97 bits per heavy atom. The smallest absolute Gasteiger partial charge is 0.255 e. The second-order valence-electron chi connectivity index (χ2n) is 8.43. The normalized spacial score (nSPS) is 21.8. The van der Waals surface area contributed by atoms with Gasteiger partial charge in [-0.1, -0.05) is 12.1 Å². The van der Waals surface area contributed by atoms with E-state index in [0.29, 0.717) is 22.9 Å². The van der Waals surface area contributed by atoms with Crippen molar-refractivity contribution in [2.45, 2.75) is 44.7 Å². The van der Waals surface area contributed by atoms with E-state index >= 15 is 0 Å². The van der Waals surface area contributed by atoms with Gasteiger partial charge in [0.15, 0.2) is 5.82 Å². The van der Waals surface area contributed by atoms with Crippen LogP contribution in [0.25, 0.3) is 11.4 Å². The lowest BCUT2D eigenvalue weighted by molar-refractivity contribution is 0.0719. The molecule has 31 heavy (non-hydrogen) atoms. The molecule has 2 fully saturated rings. The third-order valence-electron chi connectivity index (χ3n) is 6.62. The van der Waals surface area contributed by atoms with E-state index in [2.05, 4.69) is 25.9 Å². The first kappa shape index (κ1) is 19.4. The maximum Gasteiger partial charge on any atom is 0.255 e. The monoisotopic (exact) mass is 409 g/mol. The van der Waals surface area contributed by atoms with Crippen molar-refractivity contribution in [1.82, 2.24) is 19.9 Å². The summed E-state index contributed by atoms with van der Waals surface area (Å²) in [5.74, 6) is 1.06. The van der Waals surface area contributed by atoms with Gasteiger partial charge in [0.1, 0.15) is 6.07 Å². The molecule has 3 unspecified atom stereocenters. The highest BCUT2D eigenvalue weighted by Crippen LogP contribution is 2.44.